The molecule has 0 aliphatic rings. The highest BCUT2D eigenvalue weighted by Gasteiger charge is 2.20. The Bertz CT molecular complexity index is 239. The first-order valence-electron chi connectivity index (χ1n) is 6.75. The zero-order chi connectivity index (χ0) is 13.3. The van der Waals surface area contributed by atoms with Gasteiger partial charge in [-0.1, -0.05) is 24.6 Å². The first-order valence-corrected chi connectivity index (χ1v) is 9.87. The molecule has 0 saturated carbocycles. The van der Waals surface area contributed by atoms with Crippen LogP contribution in [-0.4, -0.2) is 14.9 Å². The lowest BCUT2D eigenvalue weighted by Crippen LogP contribution is -2.30. The summed E-state index contributed by atoms with van der Waals surface area (Å²) >= 11 is 0. The Balaban J connectivity index is 3.67. The minimum absolute atomic E-state index is 0.763. The third-order valence-electron chi connectivity index (χ3n) is 2.95. The molecule has 0 aromatic carbocycles. The molecule has 1 atom stereocenters. The Kier molecular flexibility index (Phi) is 8.53. The highest BCUT2D eigenvalue weighted by molar-refractivity contribution is 6.71. The van der Waals surface area contributed by atoms with Crippen LogP contribution in [0.3, 0.4) is 0 Å². The van der Waals surface area contributed by atoms with Crippen molar-refractivity contribution in [1.82, 2.24) is 0 Å². The predicted molar refractivity (Wildman–Crippen MR) is 80.9 cm³/mol. The Morgan fingerprint density at radius 1 is 1.29 bits per heavy atom. The molecule has 0 bridgehead atoms. The summed E-state index contributed by atoms with van der Waals surface area (Å²) in [6.07, 6.45) is 7.98. The maximum Gasteiger partial charge on any atom is 0.190 e. The molecule has 0 saturated heterocycles. The van der Waals surface area contributed by atoms with Gasteiger partial charge in [0, 0.05) is 6.61 Å². The molecule has 0 aliphatic heterocycles. The first kappa shape index (κ1) is 16.7. The van der Waals surface area contributed by atoms with Gasteiger partial charge in [-0.25, -0.2) is 0 Å². The van der Waals surface area contributed by atoms with E-state index < -0.39 is 8.32 Å². The Morgan fingerprint density at radius 3 is 2.47 bits per heavy atom. The molecule has 0 fully saturated rings. The summed E-state index contributed by atoms with van der Waals surface area (Å²) in [5, 5.41) is 0. The summed E-state index contributed by atoms with van der Waals surface area (Å²) in [5.41, 5.74) is 1.42. The fourth-order valence-electron chi connectivity index (χ4n) is 1.74. The molecule has 0 heterocycles. The quantitative estimate of drug-likeness (QED) is 0.407. The number of rotatable bonds is 9. The molecular weight excluding hydrogens is 224 g/mol. The maximum atomic E-state index is 6.02. The predicted octanol–water partition coefficient (Wildman–Crippen LogP) is 5.17. The summed E-state index contributed by atoms with van der Waals surface area (Å²) in [4.78, 5) is 0. The van der Waals surface area contributed by atoms with E-state index in [9.17, 15) is 0 Å². The van der Waals surface area contributed by atoms with Crippen molar-refractivity contribution < 1.29 is 4.43 Å². The molecule has 0 rings (SSSR count). The molecule has 0 aliphatic carbocycles. The van der Waals surface area contributed by atoms with Crippen molar-refractivity contribution >= 4 is 8.32 Å². The van der Waals surface area contributed by atoms with Crippen LogP contribution in [0.2, 0.25) is 19.1 Å². The average molecular weight is 254 g/mol. The largest absolute Gasteiger partial charge is 0.417 e. The van der Waals surface area contributed by atoms with Gasteiger partial charge in [-0.2, -0.15) is 0 Å². The molecule has 0 amide bonds. The van der Waals surface area contributed by atoms with Gasteiger partial charge in [0.05, 0.1) is 0 Å². The maximum absolute atomic E-state index is 6.02. The van der Waals surface area contributed by atoms with Gasteiger partial charge in [0.2, 0.25) is 0 Å². The fourth-order valence-corrected chi connectivity index (χ4v) is 3.23. The summed E-state index contributed by atoms with van der Waals surface area (Å²) in [6, 6.07) is 1.05. The van der Waals surface area contributed by atoms with E-state index in [-0.39, 0.29) is 0 Å². The van der Waals surface area contributed by atoms with Crippen LogP contribution >= 0.6 is 0 Å². The summed E-state index contributed by atoms with van der Waals surface area (Å²) in [6.45, 7) is 15.9. The lowest BCUT2D eigenvalue weighted by molar-refractivity contribution is 0.272. The van der Waals surface area contributed by atoms with E-state index in [1.54, 1.807) is 0 Å². The van der Waals surface area contributed by atoms with Crippen LogP contribution in [0.15, 0.2) is 24.3 Å². The Labute approximate surface area is 109 Å². The molecule has 0 aromatic rings. The van der Waals surface area contributed by atoms with Gasteiger partial charge < -0.3 is 4.43 Å². The van der Waals surface area contributed by atoms with Crippen molar-refractivity contribution in [3.8, 4) is 0 Å². The molecule has 0 N–H and O–H groups in total. The third-order valence-corrected chi connectivity index (χ3v) is 5.21. The summed E-state index contributed by atoms with van der Waals surface area (Å²) < 4.78 is 6.02. The van der Waals surface area contributed by atoms with E-state index in [0.29, 0.717) is 0 Å². The number of allylic oxidation sites excluding steroid dienone is 3. The van der Waals surface area contributed by atoms with Crippen LogP contribution in [0.25, 0.3) is 0 Å². The smallest absolute Gasteiger partial charge is 0.190 e. The second-order valence-electron chi connectivity index (χ2n) is 5.85. The van der Waals surface area contributed by atoms with Gasteiger partial charge in [0.1, 0.15) is 0 Å². The van der Waals surface area contributed by atoms with Gasteiger partial charge in [0.15, 0.2) is 8.32 Å². The van der Waals surface area contributed by atoms with E-state index >= 15 is 0 Å². The van der Waals surface area contributed by atoms with Crippen LogP contribution in [0, 0.1) is 5.92 Å². The molecular formula is C15H30OSi. The second-order valence-corrected chi connectivity index (χ2v) is 10.1. The Hall–Kier alpha value is -0.343. The zero-order valence-corrected chi connectivity index (χ0v) is 13.4. The van der Waals surface area contributed by atoms with Crippen molar-refractivity contribution in [2.75, 3.05) is 6.61 Å². The van der Waals surface area contributed by atoms with Crippen molar-refractivity contribution in [2.24, 2.45) is 5.92 Å². The molecule has 0 aromatic heterocycles. The van der Waals surface area contributed by atoms with Gasteiger partial charge in [-0.3, -0.25) is 0 Å². The number of hydrogen-bond donors (Lipinski definition) is 0. The van der Waals surface area contributed by atoms with Crippen LogP contribution in [0.1, 0.15) is 40.0 Å². The minimum Gasteiger partial charge on any atom is -0.417 e. The summed E-state index contributed by atoms with van der Waals surface area (Å²) in [7, 11) is -1.45. The van der Waals surface area contributed by atoms with Gasteiger partial charge in [-0.15, -0.1) is 6.58 Å². The van der Waals surface area contributed by atoms with E-state index in [1.165, 1.54) is 24.8 Å². The van der Waals surface area contributed by atoms with Crippen LogP contribution in [0.5, 0.6) is 0 Å². The van der Waals surface area contributed by atoms with E-state index in [0.717, 1.165) is 18.6 Å². The van der Waals surface area contributed by atoms with Crippen molar-refractivity contribution in [3.63, 3.8) is 0 Å². The molecule has 100 valence electrons. The van der Waals surface area contributed by atoms with E-state index in [4.69, 9.17) is 4.43 Å². The van der Waals surface area contributed by atoms with Gasteiger partial charge >= 0.3 is 0 Å². The van der Waals surface area contributed by atoms with Crippen LogP contribution in [-0.2, 0) is 4.43 Å². The topological polar surface area (TPSA) is 9.23 Å². The van der Waals surface area contributed by atoms with E-state index in [1.807, 2.05) is 6.08 Å². The van der Waals surface area contributed by atoms with Crippen LogP contribution in [0.4, 0.5) is 0 Å². The minimum atomic E-state index is -1.45. The molecule has 1 unspecified atom stereocenters. The van der Waals surface area contributed by atoms with Crippen molar-refractivity contribution in [2.45, 2.75) is 59.2 Å². The molecule has 0 spiro atoms. The third kappa shape index (κ3) is 10.5. The molecule has 0 radical (unpaired) electrons. The molecule has 17 heavy (non-hydrogen) atoms. The van der Waals surface area contributed by atoms with Crippen molar-refractivity contribution in [1.29, 1.82) is 0 Å². The second kappa shape index (κ2) is 8.70. The SMILES string of the molecule is C=CC[Si](C)(C)OCCC(C)CCC=C(C)C. The fraction of sp³-hybridized carbons (Fsp3) is 0.733. The van der Waals surface area contributed by atoms with E-state index in [2.05, 4.69) is 46.5 Å². The normalized spacial score (nSPS) is 13.2. The van der Waals surface area contributed by atoms with Crippen molar-refractivity contribution in [3.05, 3.63) is 24.3 Å². The average Bonchev–Trinajstić information content (AvgIpc) is 2.16. The monoisotopic (exact) mass is 254 g/mol. The first-order chi connectivity index (χ1) is 7.87. The summed E-state index contributed by atoms with van der Waals surface area (Å²) in [5.74, 6) is 0.763. The molecule has 2 heteroatoms. The number of hydrogen-bond acceptors (Lipinski definition) is 1. The highest BCUT2D eigenvalue weighted by Crippen LogP contribution is 2.16. The Morgan fingerprint density at radius 2 is 1.94 bits per heavy atom. The highest BCUT2D eigenvalue weighted by atomic mass is 28.4. The van der Waals surface area contributed by atoms with Gasteiger partial charge in [0.25, 0.3) is 0 Å². The lowest BCUT2D eigenvalue weighted by atomic mass is 10.0. The van der Waals surface area contributed by atoms with Gasteiger partial charge in [-0.05, 0) is 58.2 Å². The van der Waals surface area contributed by atoms with Crippen LogP contribution < -0.4 is 0 Å². The zero-order valence-electron chi connectivity index (χ0n) is 12.4. The standard InChI is InChI=1S/C15H30OSi/c1-7-13-17(5,6)16-12-11-15(4)10-8-9-14(2)3/h7,9,15H,1,8,10-13H2,2-6H3. The lowest BCUT2D eigenvalue weighted by Gasteiger charge is -2.22. The molecule has 1 nitrogen and oxygen atoms in total.